The van der Waals surface area contributed by atoms with Gasteiger partial charge in [-0.1, -0.05) is 6.58 Å². The van der Waals surface area contributed by atoms with Gasteiger partial charge in [-0.3, -0.25) is 4.79 Å². The molecule has 11 heteroatoms. The number of carbonyl (C=O) groups is 1. The van der Waals surface area contributed by atoms with E-state index in [0.717, 1.165) is 12.4 Å². The summed E-state index contributed by atoms with van der Waals surface area (Å²) >= 11 is 0. The van der Waals surface area contributed by atoms with Crippen LogP contribution in [0.25, 0.3) is 11.4 Å². The SMILES string of the molecule is C=CC(=O)n1cnc(-c2cc(C(F)(F)F)c(O)c(C(F)(F)F)c2)n1. The fraction of sp³-hybridized carbons (Fsp3) is 0.154. The summed E-state index contributed by atoms with van der Waals surface area (Å²) in [6, 6.07) is 0.533. The minimum atomic E-state index is -5.24. The molecule has 0 bridgehead atoms. The molecular formula is C13H7F6N3O2. The molecule has 0 aliphatic heterocycles. The van der Waals surface area contributed by atoms with Gasteiger partial charge in [-0.15, -0.1) is 5.10 Å². The molecule has 0 spiro atoms. The van der Waals surface area contributed by atoms with Crippen LogP contribution < -0.4 is 0 Å². The number of halogens is 6. The Labute approximate surface area is 129 Å². The number of rotatable bonds is 2. The van der Waals surface area contributed by atoms with Gasteiger partial charge in [0.05, 0.1) is 11.1 Å². The van der Waals surface area contributed by atoms with Crippen molar-refractivity contribution in [1.29, 1.82) is 0 Å². The molecule has 2 aromatic rings. The van der Waals surface area contributed by atoms with Crippen molar-refractivity contribution >= 4 is 5.91 Å². The quantitative estimate of drug-likeness (QED) is 0.664. The highest BCUT2D eigenvalue weighted by Gasteiger charge is 2.42. The molecule has 0 aliphatic carbocycles. The third-order valence-corrected chi connectivity index (χ3v) is 2.87. The Hall–Kier alpha value is -2.85. The van der Waals surface area contributed by atoms with Crippen molar-refractivity contribution < 1.29 is 36.2 Å². The lowest BCUT2D eigenvalue weighted by molar-refractivity contribution is -0.145. The summed E-state index contributed by atoms with van der Waals surface area (Å²) in [5, 5.41) is 12.8. The molecular weight excluding hydrogens is 344 g/mol. The number of allylic oxidation sites excluding steroid dienone is 1. The lowest BCUT2D eigenvalue weighted by Crippen LogP contribution is -2.12. The van der Waals surface area contributed by atoms with E-state index in [1.807, 2.05) is 0 Å². The monoisotopic (exact) mass is 351 g/mol. The van der Waals surface area contributed by atoms with Crippen molar-refractivity contribution in [3.63, 3.8) is 0 Å². The third-order valence-electron chi connectivity index (χ3n) is 2.87. The van der Waals surface area contributed by atoms with Gasteiger partial charge in [0, 0.05) is 5.56 Å². The zero-order valence-corrected chi connectivity index (χ0v) is 11.5. The number of hydrogen-bond donors (Lipinski definition) is 1. The molecule has 0 fully saturated rings. The molecule has 0 saturated heterocycles. The minimum absolute atomic E-state index is 0.267. The van der Waals surface area contributed by atoms with Gasteiger partial charge in [-0.2, -0.15) is 31.0 Å². The predicted molar refractivity (Wildman–Crippen MR) is 68.0 cm³/mol. The number of alkyl halides is 6. The second-order valence-corrected chi connectivity index (χ2v) is 4.47. The van der Waals surface area contributed by atoms with Gasteiger partial charge in [0.25, 0.3) is 5.91 Å². The molecule has 0 saturated carbocycles. The maximum absolute atomic E-state index is 12.9. The summed E-state index contributed by atoms with van der Waals surface area (Å²) < 4.78 is 77.8. The summed E-state index contributed by atoms with van der Waals surface area (Å²) in [5.41, 5.74) is -4.44. The number of carbonyl (C=O) groups excluding carboxylic acids is 1. The van der Waals surface area contributed by atoms with Crippen LogP contribution in [0.1, 0.15) is 15.9 Å². The summed E-state index contributed by atoms with van der Waals surface area (Å²) in [7, 11) is 0. The van der Waals surface area contributed by atoms with Crippen LogP contribution in [-0.2, 0) is 12.4 Å². The number of phenols is 1. The van der Waals surface area contributed by atoms with E-state index < -0.39 is 46.5 Å². The molecule has 1 aromatic carbocycles. The first-order chi connectivity index (χ1) is 10.9. The molecule has 1 aromatic heterocycles. The number of aromatic nitrogens is 3. The van der Waals surface area contributed by atoms with Crippen molar-refractivity contribution in [2.75, 3.05) is 0 Å². The van der Waals surface area contributed by atoms with Crippen molar-refractivity contribution in [2.45, 2.75) is 12.4 Å². The Bertz CT molecular complexity index is 772. The minimum Gasteiger partial charge on any atom is -0.507 e. The van der Waals surface area contributed by atoms with E-state index in [0.29, 0.717) is 4.68 Å². The Balaban J connectivity index is 2.69. The van der Waals surface area contributed by atoms with Crippen LogP contribution >= 0.6 is 0 Å². The van der Waals surface area contributed by atoms with E-state index in [2.05, 4.69) is 16.7 Å². The Morgan fingerprint density at radius 2 is 1.62 bits per heavy atom. The van der Waals surface area contributed by atoms with E-state index in [-0.39, 0.29) is 12.1 Å². The summed E-state index contributed by atoms with van der Waals surface area (Å²) in [6.07, 6.45) is -8.83. The predicted octanol–water partition coefficient (Wildman–Crippen LogP) is 3.51. The maximum Gasteiger partial charge on any atom is 0.419 e. The van der Waals surface area contributed by atoms with Crippen molar-refractivity contribution in [1.82, 2.24) is 14.8 Å². The van der Waals surface area contributed by atoms with Gasteiger partial charge in [-0.05, 0) is 18.2 Å². The molecule has 1 heterocycles. The fourth-order valence-corrected chi connectivity index (χ4v) is 1.79. The topological polar surface area (TPSA) is 68.0 Å². The van der Waals surface area contributed by atoms with Crippen LogP contribution in [0, 0.1) is 0 Å². The number of aromatic hydroxyl groups is 1. The van der Waals surface area contributed by atoms with Crippen LogP contribution in [0.15, 0.2) is 31.1 Å². The lowest BCUT2D eigenvalue weighted by atomic mass is 10.0. The molecule has 0 radical (unpaired) electrons. The van der Waals surface area contributed by atoms with Gasteiger partial charge < -0.3 is 5.11 Å². The second-order valence-electron chi connectivity index (χ2n) is 4.47. The molecule has 0 aliphatic rings. The molecule has 128 valence electrons. The van der Waals surface area contributed by atoms with Gasteiger partial charge in [0.2, 0.25) is 0 Å². The number of phenolic OH excluding ortho intramolecular Hbond substituents is 1. The van der Waals surface area contributed by atoms with Crippen molar-refractivity contribution in [3.05, 3.63) is 42.2 Å². The maximum atomic E-state index is 12.9. The third kappa shape index (κ3) is 3.24. The molecule has 0 atom stereocenters. The average molecular weight is 351 g/mol. The number of benzene rings is 1. The Morgan fingerprint density at radius 1 is 1.12 bits per heavy atom. The first-order valence-corrected chi connectivity index (χ1v) is 6.05. The highest BCUT2D eigenvalue weighted by molar-refractivity contribution is 5.88. The highest BCUT2D eigenvalue weighted by atomic mass is 19.4. The van der Waals surface area contributed by atoms with E-state index in [1.165, 1.54) is 0 Å². The normalized spacial score (nSPS) is 12.2. The van der Waals surface area contributed by atoms with Gasteiger partial charge in [0.15, 0.2) is 5.82 Å². The van der Waals surface area contributed by atoms with E-state index >= 15 is 0 Å². The van der Waals surface area contributed by atoms with Crippen LogP contribution in [0.5, 0.6) is 5.75 Å². The molecule has 5 nitrogen and oxygen atoms in total. The molecule has 0 unspecified atom stereocenters. The first kappa shape index (κ1) is 17.5. The van der Waals surface area contributed by atoms with Crippen molar-refractivity contribution in [2.24, 2.45) is 0 Å². The lowest BCUT2D eigenvalue weighted by Gasteiger charge is -2.16. The van der Waals surface area contributed by atoms with Gasteiger partial charge in [0.1, 0.15) is 12.1 Å². The van der Waals surface area contributed by atoms with Gasteiger partial charge >= 0.3 is 12.4 Å². The highest BCUT2D eigenvalue weighted by Crippen LogP contribution is 2.45. The van der Waals surface area contributed by atoms with E-state index in [9.17, 15) is 36.2 Å². The van der Waals surface area contributed by atoms with Crippen LogP contribution in [-0.4, -0.2) is 25.8 Å². The smallest absolute Gasteiger partial charge is 0.419 e. The zero-order valence-electron chi connectivity index (χ0n) is 11.5. The standard InChI is InChI=1S/C13H7F6N3O2/c1-2-9(23)22-5-20-11(21-22)6-3-7(12(14,15)16)10(24)8(4-6)13(17,18)19/h2-5,24H,1H2. The molecule has 1 N–H and O–H groups in total. The van der Waals surface area contributed by atoms with E-state index in [4.69, 9.17) is 0 Å². The second kappa shape index (κ2) is 5.65. The fourth-order valence-electron chi connectivity index (χ4n) is 1.79. The summed E-state index contributed by atoms with van der Waals surface area (Å²) in [5.74, 6) is -3.28. The number of hydrogen-bond acceptors (Lipinski definition) is 4. The summed E-state index contributed by atoms with van der Waals surface area (Å²) in [4.78, 5) is 14.8. The average Bonchev–Trinajstić information content (AvgIpc) is 2.94. The van der Waals surface area contributed by atoms with Gasteiger partial charge in [-0.25, -0.2) is 4.98 Å². The van der Waals surface area contributed by atoms with Crippen LogP contribution in [0.2, 0.25) is 0 Å². The largest absolute Gasteiger partial charge is 0.507 e. The Morgan fingerprint density at radius 3 is 2.04 bits per heavy atom. The molecule has 2 rings (SSSR count). The molecule has 24 heavy (non-hydrogen) atoms. The van der Waals surface area contributed by atoms with E-state index in [1.54, 1.807) is 0 Å². The van der Waals surface area contributed by atoms with Crippen LogP contribution in [0.3, 0.4) is 0 Å². The Kier molecular flexibility index (Phi) is 4.12. The molecule has 0 amide bonds. The summed E-state index contributed by atoms with van der Waals surface area (Å²) in [6.45, 7) is 3.15. The van der Waals surface area contributed by atoms with Crippen LogP contribution in [0.4, 0.5) is 26.3 Å². The number of nitrogens with zero attached hydrogens (tertiary/aromatic N) is 3. The van der Waals surface area contributed by atoms with Crippen molar-refractivity contribution in [3.8, 4) is 17.1 Å². The first-order valence-electron chi connectivity index (χ1n) is 6.05. The zero-order chi connectivity index (χ0) is 18.3.